The molecule has 1 fully saturated rings. The van der Waals surface area contributed by atoms with Crippen LogP contribution >= 0.6 is 0 Å². The molecule has 0 atom stereocenters. The number of piperidine rings is 1. The Morgan fingerprint density at radius 2 is 2.10 bits per heavy atom. The first-order chi connectivity index (χ1) is 14.0. The van der Waals surface area contributed by atoms with Crippen LogP contribution in [0.2, 0.25) is 0 Å². The molecule has 154 valence electrons. The largest absolute Gasteiger partial charge is 0.497 e. The summed E-state index contributed by atoms with van der Waals surface area (Å²) in [5, 5.41) is 7.25. The van der Waals surface area contributed by atoms with Crippen molar-refractivity contribution in [1.29, 1.82) is 0 Å². The minimum Gasteiger partial charge on any atom is -0.497 e. The number of amides is 2. The number of hydrogen-bond acceptors (Lipinski definition) is 5. The van der Waals surface area contributed by atoms with Crippen molar-refractivity contribution in [3.63, 3.8) is 0 Å². The summed E-state index contributed by atoms with van der Waals surface area (Å²) in [6.45, 7) is 6.19. The Morgan fingerprint density at radius 3 is 2.76 bits per heavy atom. The Bertz CT molecular complexity index is 944. The summed E-state index contributed by atoms with van der Waals surface area (Å²) in [5.74, 6) is 1.02. The molecule has 8 heteroatoms. The van der Waals surface area contributed by atoms with Gasteiger partial charge in [0, 0.05) is 44.2 Å². The molecule has 1 saturated heterocycles. The highest BCUT2D eigenvalue weighted by Gasteiger charge is 2.41. The zero-order valence-corrected chi connectivity index (χ0v) is 17.0. The summed E-state index contributed by atoms with van der Waals surface area (Å²) in [7, 11) is 1.58. The van der Waals surface area contributed by atoms with Crippen LogP contribution in [0.4, 0.5) is 0 Å². The van der Waals surface area contributed by atoms with E-state index in [1.54, 1.807) is 31.5 Å². The first kappa shape index (κ1) is 19.3. The van der Waals surface area contributed by atoms with Gasteiger partial charge in [0.1, 0.15) is 17.1 Å². The quantitative estimate of drug-likeness (QED) is 0.855. The molecule has 2 aromatic rings. The zero-order chi connectivity index (χ0) is 20.6. The smallest absolute Gasteiger partial charge is 0.257 e. The molecule has 3 heterocycles. The number of fused-ring (bicyclic) bond motifs is 1. The second-order valence-corrected chi connectivity index (χ2v) is 7.58. The van der Waals surface area contributed by atoms with Crippen molar-refractivity contribution in [3.05, 3.63) is 41.2 Å². The van der Waals surface area contributed by atoms with E-state index in [-0.39, 0.29) is 11.8 Å². The van der Waals surface area contributed by atoms with Gasteiger partial charge in [-0.2, -0.15) is 5.10 Å². The summed E-state index contributed by atoms with van der Waals surface area (Å²) < 4.78 is 13.5. The number of aromatic nitrogens is 2. The molecule has 8 nitrogen and oxygen atoms in total. The van der Waals surface area contributed by atoms with Gasteiger partial charge in [-0.05, 0) is 26.0 Å². The predicted octanol–water partition coefficient (Wildman–Crippen LogP) is 2.02. The highest BCUT2D eigenvalue weighted by Crippen LogP contribution is 2.35. The molecule has 0 bridgehead atoms. The third-order valence-corrected chi connectivity index (χ3v) is 5.93. The van der Waals surface area contributed by atoms with E-state index in [0.29, 0.717) is 55.1 Å². The molecule has 1 N–H and O–H groups in total. The highest BCUT2D eigenvalue weighted by molar-refractivity contribution is 5.97. The lowest BCUT2D eigenvalue weighted by molar-refractivity contribution is 0.00759. The van der Waals surface area contributed by atoms with Crippen molar-refractivity contribution in [2.45, 2.75) is 38.8 Å². The van der Waals surface area contributed by atoms with Gasteiger partial charge in [0.05, 0.1) is 31.0 Å². The fourth-order valence-corrected chi connectivity index (χ4v) is 4.05. The van der Waals surface area contributed by atoms with Crippen LogP contribution in [0, 0.1) is 6.92 Å². The average molecular weight is 398 g/mol. The van der Waals surface area contributed by atoms with Crippen LogP contribution in [0.25, 0.3) is 0 Å². The Kier molecular flexibility index (Phi) is 4.94. The van der Waals surface area contributed by atoms with E-state index in [9.17, 15) is 9.59 Å². The van der Waals surface area contributed by atoms with E-state index in [4.69, 9.17) is 9.47 Å². The molecule has 2 aliphatic heterocycles. The van der Waals surface area contributed by atoms with Gasteiger partial charge in [-0.15, -0.1) is 0 Å². The van der Waals surface area contributed by atoms with E-state index in [0.717, 1.165) is 12.2 Å². The summed E-state index contributed by atoms with van der Waals surface area (Å²) in [6, 6.07) is 5.22. The number of carbonyl (C=O) groups excluding carboxylic acids is 2. The molecular weight excluding hydrogens is 372 g/mol. The third kappa shape index (κ3) is 3.43. The minimum absolute atomic E-state index is 0.00298. The highest BCUT2D eigenvalue weighted by atomic mass is 16.5. The Balaban J connectivity index is 1.51. The molecule has 1 spiro atoms. The molecule has 29 heavy (non-hydrogen) atoms. The predicted molar refractivity (Wildman–Crippen MR) is 106 cm³/mol. The zero-order valence-electron chi connectivity index (χ0n) is 17.0. The Hall–Kier alpha value is -3.03. The normalized spacial score (nSPS) is 17.9. The lowest BCUT2D eigenvalue weighted by atomic mass is 9.90. The Labute approximate surface area is 169 Å². The average Bonchev–Trinajstić information content (AvgIpc) is 3.06. The number of ether oxygens (including phenoxy) is 2. The molecule has 0 saturated carbocycles. The van der Waals surface area contributed by atoms with Crippen LogP contribution in [0.15, 0.2) is 24.4 Å². The number of nitrogens with one attached hydrogen (secondary N) is 1. The standard InChI is InChI=1S/C21H26N4O4/c1-4-25-14(2)17(12-23-25)20(27)24-9-7-21(8-10-24)13-22-19(26)16-6-5-15(28-3)11-18(16)29-21/h5-6,11-12H,4,7-10,13H2,1-3H3,(H,22,26). The minimum atomic E-state index is -0.535. The number of hydrogen-bond donors (Lipinski definition) is 1. The van der Waals surface area contributed by atoms with Crippen LogP contribution in [0.3, 0.4) is 0 Å². The molecule has 2 aliphatic rings. The molecule has 2 amide bonds. The fraction of sp³-hybridized carbons (Fsp3) is 0.476. The monoisotopic (exact) mass is 398 g/mol. The van der Waals surface area contributed by atoms with E-state index in [2.05, 4.69) is 10.4 Å². The molecule has 0 radical (unpaired) electrons. The van der Waals surface area contributed by atoms with Crippen molar-refractivity contribution in [1.82, 2.24) is 20.0 Å². The van der Waals surface area contributed by atoms with Crippen LogP contribution in [-0.4, -0.2) is 58.8 Å². The number of rotatable bonds is 3. The van der Waals surface area contributed by atoms with Gasteiger partial charge in [-0.3, -0.25) is 14.3 Å². The number of carbonyl (C=O) groups is 2. The van der Waals surface area contributed by atoms with Crippen molar-refractivity contribution in [2.24, 2.45) is 0 Å². The van der Waals surface area contributed by atoms with Gasteiger partial charge in [0.25, 0.3) is 11.8 Å². The number of benzene rings is 1. The summed E-state index contributed by atoms with van der Waals surface area (Å²) in [5.41, 5.74) is 1.50. The van der Waals surface area contributed by atoms with E-state index < -0.39 is 5.60 Å². The van der Waals surface area contributed by atoms with Gasteiger partial charge in [0.2, 0.25) is 0 Å². The Morgan fingerprint density at radius 1 is 1.34 bits per heavy atom. The lowest BCUT2D eigenvalue weighted by Crippen LogP contribution is -2.54. The van der Waals surface area contributed by atoms with E-state index in [1.807, 2.05) is 23.4 Å². The van der Waals surface area contributed by atoms with Gasteiger partial charge in [-0.1, -0.05) is 0 Å². The van der Waals surface area contributed by atoms with Crippen LogP contribution < -0.4 is 14.8 Å². The number of aryl methyl sites for hydroxylation is 1. The number of methoxy groups -OCH3 is 1. The van der Waals surface area contributed by atoms with Crippen LogP contribution in [-0.2, 0) is 6.54 Å². The van der Waals surface area contributed by atoms with Crippen LogP contribution in [0.5, 0.6) is 11.5 Å². The second-order valence-electron chi connectivity index (χ2n) is 7.58. The number of likely N-dealkylation sites (tertiary alicyclic amines) is 1. The van der Waals surface area contributed by atoms with E-state index >= 15 is 0 Å². The van der Waals surface area contributed by atoms with Crippen molar-refractivity contribution < 1.29 is 19.1 Å². The van der Waals surface area contributed by atoms with Crippen molar-refractivity contribution in [3.8, 4) is 11.5 Å². The molecule has 0 unspecified atom stereocenters. The summed E-state index contributed by atoms with van der Waals surface area (Å²) >= 11 is 0. The fourth-order valence-electron chi connectivity index (χ4n) is 4.05. The van der Waals surface area contributed by atoms with Gasteiger partial charge < -0.3 is 19.7 Å². The molecular formula is C21H26N4O4. The second kappa shape index (κ2) is 7.42. The third-order valence-electron chi connectivity index (χ3n) is 5.93. The summed E-state index contributed by atoms with van der Waals surface area (Å²) in [4.78, 5) is 27.3. The molecule has 1 aromatic carbocycles. The molecule has 4 rings (SSSR count). The van der Waals surface area contributed by atoms with E-state index in [1.165, 1.54) is 0 Å². The van der Waals surface area contributed by atoms with Crippen molar-refractivity contribution in [2.75, 3.05) is 26.7 Å². The molecule has 1 aromatic heterocycles. The SMILES string of the molecule is CCn1ncc(C(=O)N2CCC3(CC2)CNC(=O)c2ccc(OC)cc2O3)c1C. The van der Waals surface area contributed by atoms with Gasteiger partial charge >= 0.3 is 0 Å². The first-order valence-electron chi connectivity index (χ1n) is 9.93. The lowest BCUT2D eigenvalue weighted by Gasteiger charge is -2.41. The maximum atomic E-state index is 13.0. The first-order valence-corrected chi connectivity index (χ1v) is 9.93. The maximum Gasteiger partial charge on any atom is 0.257 e. The topological polar surface area (TPSA) is 85.7 Å². The number of nitrogens with zero attached hydrogens (tertiary/aromatic N) is 3. The van der Waals surface area contributed by atoms with Crippen molar-refractivity contribution >= 4 is 11.8 Å². The van der Waals surface area contributed by atoms with Gasteiger partial charge in [-0.25, -0.2) is 0 Å². The van der Waals surface area contributed by atoms with Gasteiger partial charge in [0.15, 0.2) is 0 Å². The summed E-state index contributed by atoms with van der Waals surface area (Å²) in [6.07, 6.45) is 2.92. The maximum absolute atomic E-state index is 13.0. The molecule has 0 aliphatic carbocycles. The van der Waals surface area contributed by atoms with Crippen LogP contribution in [0.1, 0.15) is 46.2 Å².